The molecular weight excluding hydrogens is 212 g/mol. The Bertz CT molecular complexity index is 548. The second kappa shape index (κ2) is 4.13. The van der Waals surface area contributed by atoms with Crippen molar-refractivity contribution < 1.29 is 10.2 Å². The van der Waals surface area contributed by atoms with Gasteiger partial charge >= 0.3 is 0 Å². The van der Waals surface area contributed by atoms with Crippen molar-refractivity contribution in [1.82, 2.24) is 0 Å². The van der Waals surface area contributed by atoms with Crippen LogP contribution in [-0.4, -0.2) is 10.2 Å². The van der Waals surface area contributed by atoms with E-state index in [1.165, 1.54) is 0 Å². The van der Waals surface area contributed by atoms with E-state index < -0.39 is 0 Å². The van der Waals surface area contributed by atoms with Gasteiger partial charge in [0, 0.05) is 5.56 Å². The number of hydrogen-bond acceptors (Lipinski definition) is 2. The third-order valence-electron chi connectivity index (χ3n) is 2.96. The normalized spacial score (nSPS) is 10.5. The molecule has 2 aromatic rings. The third-order valence-corrected chi connectivity index (χ3v) is 2.96. The molecule has 0 aromatic heterocycles. The van der Waals surface area contributed by atoms with Gasteiger partial charge in [-0.1, -0.05) is 12.1 Å². The lowest BCUT2D eigenvalue weighted by Crippen LogP contribution is -1.86. The summed E-state index contributed by atoms with van der Waals surface area (Å²) in [5.41, 5.74) is 4.38. The van der Waals surface area contributed by atoms with Crippen LogP contribution in [0.2, 0.25) is 0 Å². The molecule has 0 unspecified atom stereocenters. The maximum Gasteiger partial charge on any atom is 0.123 e. The van der Waals surface area contributed by atoms with Crippen molar-refractivity contribution in [2.24, 2.45) is 0 Å². The predicted octanol–water partition coefficient (Wildman–Crippen LogP) is 3.69. The fraction of sp³-hybridized carbons (Fsp3) is 0.200. The van der Waals surface area contributed by atoms with Crippen LogP contribution in [0.4, 0.5) is 0 Å². The molecule has 2 N–H and O–H groups in total. The summed E-state index contributed by atoms with van der Waals surface area (Å²) in [5.74, 6) is 0.592. The van der Waals surface area contributed by atoms with E-state index in [0.717, 1.165) is 27.8 Å². The van der Waals surface area contributed by atoms with E-state index in [-0.39, 0.29) is 5.75 Å². The van der Waals surface area contributed by atoms with Gasteiger partial charge in [0.25, 0.3) is 0 Å². The zero-order valence-corrected chi connectivity index (χ0v) is 10.3. The SMILES string of the molecule is Cc1ccc(-c2cc(C)c(O)c(C)c2)c(O)c1. The van der Waals surface area contributed by atoms with Gasteiger partial charge < -0.3 is 10.2 Å². The van der Waals surface area contributed by atoms with E-state index in [2.05, 4.69) is 0 Å². The van der Waals surface area contributed by atoms with Gasteiger partial charge in [0.2, 0.25) is 0 Å². The monoisotopic (exact) mass is 228 g/mol. The highest BCUT2D eigenvalue weighted by Crippen LogP contribution is 2.34. The minimum Gasteiger partial charge on any atom is -0.507 e. The summed E-state index contributed by atoms with van der Waals surface area (Å²) in [6.07, 6.45) is 0. The summed E-state index contributed by atoms with van der Waals surface area (Å²) in [4.78, 5) is 0. The molecule has 0 bridgehead atoms. The summed E-state index contributed by atoms with van der Waals surface area (Å²) < 4.78 is 0. The van der Waals surface area contributed by atoms with E-state index in [1.54, 1.807) is 6.07 Å². The smallest absolute Gasteiger partial charge is 0.123 e. The molecule has 0 aliphatic rings. The van der Waals surface area contributed by atoms with E-state index in [0.29, 0.717) is 5.75 Å². The maximum absolute atomic E-state index is 9.93. The van der Waals surface area contributed by atoms with Crippen molar-refractivity contribution >= 4 is 0 Å². The summed E-state index contributed by atoms with van der Waals surface area (Å²) >= 11 is 0. The fourth-order valence-electron chi connectivity index (χ4n) is 2.00. The van der Waals surface area contributed by atoms with Crippen molar-refractivity contribution in [1.29, 1.82) is 0 Å². The van der Waals surface area contributed by atoms with Crippen LogP contribution < -0.4 is 0 Å². The first-order valence-corrected chi connectivity index (χ1v) is 5.59. The topological polar surface area (TPSA) is 40.5 Å². The minimum atomic E-state index is 0.273. The Labute approximate surface area is 101 Å². The van der Waals surface area contributed by atoms with Crippen molar-refractivity contribution in [2.75, 3.05) is 0 Å². The molecule has 2 nitrogen and oxygen atoms in total. The Balaban J connectivity index is 2.61. The van der Waals surface area contributed by atoms with Crippen LogP contribution in [0.1, 0.15) is 16.7 Å². The number of benzene rings is 2. The van der Waals surface area contributed by atoms with Crippen LogP contribution in [0.5, 0.6) is 11.5 Å². The number of rotatable bonds is 1. The van der Waals surface area contributed by atoms with Crippen LogP contribution in [-0.2, 0) is 0 Å². The summed E-state index contributed by atoms with van der Waals surface area (Å²) in [5, 5.41) is 19.7. The Morgan fingerprint density at radius 1 is 0.824 bits per heavy atom. The number of hydrogen-bond donors (Lipinski definition) is 2. The zero-order valence-electron chi connectivity index (χ0n) is 10.3. The quantitative estimate of drug-likeness (QED) is 0.781. The zero-order chi connectivity index (χ0) is 12.6. The van der Waals surface area contributed by atoms with Gasteiger partial charge in [0.15, 0.2) is 0 Å². The van der Waals surface area contributed by atoms with Crippen LogP contribution in [0.3, 0.4) is 0 Å². The standard InChI is InChI=1S/C15H16O2/c1-9-4-5-13(14(16)6-9)12-7-10(2)15(17)11(3)8-12/h4-8,16-17H,1-3H3. The molecule has 0 heterocycles. The van der Waals surface area contributed by atoms with Gasteiger partial charge in [-0.3, -0.25) is 0 Å². The Morgan fingerprint density at radius 2 is 1.41 bits per heavy atom. The van der Waals surface area contributed by atoms with E-state index in [9.17, 15) is 10.2 Å². The predicted molar refractivity (Wildman–Crippen MR) is 69.4 cm³/mol. The number of aromatic hydroxyl groups is 2. The lowest BCUT2D eigenvalue weighted by Gasteiger charge is -2.10. The molecule has 0 spiro atoms. The van der Waals surface area contributed by atoms with Crippen LogP contribution in [0.15, 0.2) is 30.3 Å². The highest BCUT2D eigenvalue weighted by Gasteiger charge is 2.08. The van der Waals surface area contributed by atoms with Crippen LogP contribution in [0, 0.1) is 20.8 Å². The molecule has 17 heavy (non-hydrogen) atoms. The molecule has 2 heteroatoms. The van der Waals surface area contributed by atoms with Crippen molar-refractivity contribution in [3.8, 4) is 22.6 Å². The first kappa shape index (κ1) is 11.5. The second-order valence-electron chi connectivity index (χ2n) is 4.48. The lowest BCUT2D eigenvalue weighted by molar-refractivity contribution is 0.466. The molecule has 0 aliphatic carbocycles. The van der Waals surface area contributed by atoms with Gasteiger partial charge in [-0.15, -0.1) is 0 Å². The second-order valence-corrected chi connectivity index (χ2v) is 4.48. The summed E-state index contributed by atoms with van der Waals surface area (Å²) in [7, 11) is 0. The molecular formula is C15H16O2. The van der Waals surface area contributed by atoms with Crippen molar-refractivity contribution in [3.05, 3.63) is 47.0 Å². The van der Waals surface area contributed by atoms with Gasteiger partial charge in [-0.25, -0.2) is 0 Å². The summed E-state index contributed by atoms with van der Waals surface area (Å²) in [6.45, 7) is 5.66. The first-order valence-electron chi connectivity index (χ1n) is 5.59. The molecule has 0 saturated carbocycles. The van der Waals surface area contributed by atoms with Gasteiger partial charge in [0.05, 0.1) is 0 Å². The third kappa shape index (κ3) is 2.11. The van der Waals surface area contributed by atoms with Gasteiger partial charge in [0.1, 0.15) is 11.5 Å². The highest BCUT2D eigenvalue weighted by atomic mass is 16.3. The summed E-state index contributed by atoms with van der Waals surface area (Å²) in [6, 6.07) is 9.37. The van der Waals surface area contributed by atoms with Crippen molar-refractivity contribution in [3.63, 3.8) is 0 Å². The molecule has 2 aromatic carbocycles. The molecule has 2 rings (SSSR count). The average Bonchev–Trinajstić information content (AvgIpc) is 2.25. The minimum absolute atomic E-state index is 0.273. The molecule has 0 amide bonds. The van der Waals surface area contributed by atoms with Gasteiger partial charge in [-0.2, -0.15) is 0 Å². The molecule has 0 radical (unpaired) electrons. The van der Waals surface area contributed by atoms with Crippen LogP contribution >= 0.6 is 0 Å². The lowest BCUT2D eigenvalue weighted by atomic mass is 9.98. The molecule has 88 valence electrons. The Hall–Kier alpha value is -1.96. The average molecular weight is 228 g/mol. The van der Waals surface area contributed by atoms with Gasteiger partial charge in [-0.05, 0) is 61.2 Å². The van der Waals surface area contributed by atoms with Crippen LogP contribution in [0.25, 0.3) is 11.1 Å². The first-order chi connectivity index (χ1) is 7.99. The maximum atomic E-state index is 9.93. The Morgan fingerprint density at radius 3 is 1.94 bits per heavy atom. The van der Waals surface area contributed by atoms with E-state index in [4.69, 9.17) is 0 Å². The highest BCUT2D eigenvalue weighted by molar-refractivity contribution is 5.72. The number of phenolic OH excluding ortho intramolecular Hbond substituents is 2. The molecule has 0 atom stereocenters. The molecule has 0 saturated heterocycles. The van der Waals surface area contributed by atoms with Crippen molar-refractivity contribution in [2.45, 2.75) is 20.8 Å². The largest absolute Gasteiger partial charge is 0.507 e. The van der Waals surface area contributed by atoms with E-state index in [1.807, 2.05) is 45.0 Å². The Kier molecular flexibility index (Phi) is 2.80. The number of phenols is 2. The molecule has 0 aliphatic heterocycles. The number of aryl methyl sites for hydroxylation is 3. The molecule has 0 fully saturated rings. The van der Waals surface area contributed by atoms with E-state index >= 15 is 0 Å². The fourth-order valence-corrected chi connectivity index (χ4v) is 2.00.